The molecule has 0 N–H and O–H groups in total. The van der Waals surface area contributed by atoms with E-state index in [9.17, 15) is 0 Å². The van der Waals surface area contributed by atoms with E-state index in [0.717, 1.165) is 55.0 Å². The molecule has 0 aliphatic heterocycles. The molecular weight excluding hydrogens is 512 g/mol. The molecule has 8 aromatic rings. The molecule has 0 radical (unpaired) electrons. The predicted octanol–water partition coefficient (Wildman–Crippen LogP) is 12.3. The Bertz CT molecular complexity index is 2280. The molecule has 0 aliphatic rings. The summed E-state index contributed by atoms with van der Waals surface area (Å²) in [6, 6.07) is 22.3. The molecule has 0 saturated heterocycles. The van der Waals surface area contributed by atoms with Crippen LogP contribution in [0.5, 0.6) is 0 Å². The van der Waals surface area contributed by atoms with Gasteiger partial charge < -0.3 is 8.83 Å². The SMILES string of the molecule is C=Cc1cc(C(C)(C)C)cc2c1oc1c3cccc4c5oc6c(C=C)cc(C(C)(C)C)cc6c5c5cccc(c21)c5c34. The number of hydrogen-bond donors (Lipinski definition) is 0. The number of fused-ring (bicyclic) bond motifs is 10. The Balaban J connectivity index is 1.67. The van der Waals surface area contributed by atoms with Crippen LogP contribution in [0.2, 0.25) is 0 Å². The fourth-order valence-electron chi connectivity index (χ4n) is 6.97. The van der Waals surface area contributed by atoms with E-state index in [-0.39, 0.29) is 10.8 Å². The highest BCUT2D eigenvalue weighted by molar-refractivity contribution is 6.43. The Hall–Kier alpha value is -4.56. The molecule has 0 saturated carbocycles. The van der Waals surface area contributed by atoms with Crippen LogP contribution in [0.4, 0.5) is 0 Å². The summed E-state index contributed by atoms with van der Waals surface area (Å²) in [6.45, 7) is 21.8. The lowest BCUT2D eigenvalue weighted by molar-refractivity contribution is 0.590. The predicted molar refractivity (Wildman–Crippen MR) is 182 cm³/mol. The first-order chi connectivity index (χ1) is 20.0. The van der Waals surface area contributed by atoms with Gasteiger partial charge >= 0.3 is 0 Å². The Kier molecular flexibility index (Phi) is 4.82. The summed E-state index contributed by atoms with van der Waals surface area (Å²) >= 11 is 0. The second-order valence-electron chi connectivity index (χ2n) is 13.9. The summed E-state index contributed by atoms with van der Waals surface area (Å²) in [4.78, 5) is 0. The Labute approximate surface area is 245 Å². The fourth-order valence-corrected chi connectivity index (χ4v) is 6.97. The molecule has 2 heterocycles. The van der Waals surface area contributed by atoms with E-state index in [1.807, 2.05) is 12.2 Å². The standard InChI is InChI=1S/C40H34O2/c1-9-21-17-23(39(3,4)5)19-29-33-25-13-11-14-26-31(25)32-27(37(33)41-35(21)29)15-12-16-28(32)38-34(26)30-20-24(40(6,7)8)18-22(10-2)36(30)42-38/h9-20H,1-2H2,3-8H3. The number of furan rings is 2. The number of rotatable bonds is 2. The third-order valence-electron chi connectivity index (χ3n) is 9.22. The molecule has 8 rings (SSSR count). The van der Waals surface area contributed by atoms with Crippen molar-refractivity contribution >= 4 is 88.3 Å². The van der Waals surface area contributed by atoms with Crippen molar-refractivity contribution in [2.45, 2.75) is 52.4 Å². The lowest BCUT2D eigenvalue weighted by Gasteiger charge is -2.20. The lowest BCUT2D eigenvalue weighted by atomic mass is 9.83. The van der Waals surface area contributed by atoms with E-state index in [1.165, 1.54) is 43.4 Å². The van der Waals surface area contributed by atoms with E-state index in [1.54, 1.807) is 0 Å². The molecule has 0 spiro atoms. The highest BCUT2D eigenvalue weighted by atomic mass is 16.3. The van der Waals surface area contributed by atoms with E-state index in [2.05, 4.69) is 115 Å². The second-order valence-corrected chi connectivity index (χ2v) is 13.9. The second kappa shape index (κ2) is 8.04. The molecule has 206 valence electrons. The molecular formula is C40H34O2. The minimum absolute atomic E-state index is 0.00973. The summed E-state index contributed by atoms with van der Waals surface area (Å²) < 4.78 is 13.6. The maximum atomic E-state index is 6.80. The van der Waals surface area contributed by atoms with E-state index >= 15 is 0 Å². The molecule has 42 heavy (non-hydrogen) atoms. The zero-order valence-corrected chi connectivity index (χ0v) is 25.2. The van der Waals surface area contributed by atoms with Gasteiger partial charge in [-0.15, -0.1) is 0 Å². The van der Waals surface area contributed by atoms with Crippen LogP contribution in [0, 0.1) is 0 Å². The molecule has 0 fully saturated rings. The quantitative estimate of drug-likeness (QED) is 0.202. The van der Waals surface area contributed by atoms with Gasteiger partial charge in [0.25, 0.3) is 0 Å². The molecule has 0 bridgehead atoms. The van der Waals surface area contributed by atoms with Gasteiger partial charge in [-0.2, -0.15) is 0 Å². The lowest BCUT2D eigenvalue weighted by Crippen LogP contribution is -2.11. The summed E-state index contributed by atoms with van der Waals surface area (Å²) in [5, 5.41) is 11.7. The van der Waals surface area contributed by atoms with Crippen LogP contribution in [0.15, 0.2) is 82.7 Å². The summed E-state index contributed by atoms with van der Waals surface area (Å²) in [7, 11) is 0. The molecule has 0 amide bonds. The van der Waals surface area contributed by atoms with Crippen molar-refractivity contribution in [3.63, 3.8) is 0 Å². The van der Waals surface area contributed by atoms with Crippen molar-refractivity contribution < 1.29 is 8.83 Å². The minimum atomic E-state index is -0.00973. The van der Waals surface area contributed by atoms with Crippen LogP contribution >= 0.6 is 0 Å². The van der Waals surface area contributed by atoms with E-state index in [4.69, 9.17) is 8.83 Å². The molecule has 0 aliphatic carbocycles. The normalized spacial score (nSPS) is 13.2. The smallest absolute Gasteiger partial charge is 0.143 e. The van der Waals surface area contributed by atoms with Crippen LogP contribution in [-0.4, -0.2) is 0 Å². The average Bonchev–Trinajstić information content (AvgIpc) is 3.54. The molecule has 0 unspecified atom stereocenters. The topological polar surface area (TPSA) is 26.3 Å². The minimum Gasteiger partial charge on any atom is -0.455 e. The van der Waals surface area contributed by atoms with Gasteiger partial charge in [0.2, 0.25) is 0 Å². The van der Waals surface area contributed by atoms with E-state index in [0.29, 0.717) is 0 Å². The molecule has 2 nitrogen and oxygen atoms in total. The summed E-state index contributed by atoms with van der Waals surface area (Å²) in [6.07, 6.45) is 3.84. The van der Waals surface area contributed by atoms with Crippen LogP contribution in [-0.2, 0) is 10.8 Å². The van der Waals surface area contributed by atoms with Crippen molar-refractivity contribution in [2.24, 2.45) is 0 Å². The first-order valence-corrected chi connectivity index (χ1v) is 14.8. The first kappa shape index (κ1) is 25.2. The Morgan fingerprint density at radius 2 is 0.857 bits per heavy atom. The van der Waals surface area contributed by atoms with Gasteiger partial charge in [0, 0.05) is 48.8 Å². The first-order valence-electron chi connectivity index (χ1n) is 14.8. The molecule has 0 atom stereocenters. The number of benzene rings is 6. The van der Waals surface area contributed by atoms with Crippen molar-refractivity contribution in [2.75, 3.05) is 0 Å². The highest BCUT2D eigenvalue weighted by Crippen LogP contribution is 2.50. The molecule has 6 aromatic carbocycles. The average molecular weight is 547 g/mol. The van der Waals surface area contributed by atoms with Crippen LogP contribution in [0.3, 0.4) is 0 Å². The van der Waals surface area contributed by atoms with Gasteiger partial charge in [-0.05, 0) is 62.4 Å². The van der Waals surface area contributed by atoms with Crippen molar-refractivity contribution in [3.8, 4) is 0 Å². The van der Waals surface area contributed by atoms with Gasteiger partial charge in [-0.1, -0.05) is 103 Å². The van der Waals surface area contributed by atoms with E-state index < -0.39 is 0 Å². The maximum absolute atomic E-state index is 6.80. The summed E-state index contributed by atoms with van der Waals surface area (Å²) in [5.41, 5.74) is 8.20. The van der Waals surface area contributed by atoms with Gasteiger partial charge in [0.15, 0.2) is 0 Å². The maximum Gasteiger partial charge on any atom is 0.143 e. The zero-order chi connectivity index (χ0) is 29.3. The van der Waals surface area contributed by atoms with Crippen LogP contribution in [0.25, 0.3) is 88.3 Å². The molecule has 2 heteroatoms. The Morgan fingerprint density at radius 1 is 0.476 bits per heavy atom. The van der Waals surface area contributed by atoms with Crippen molar-refractivity contribution in [1.29, 1.82) is 0 Å². The van der Waals surface area contributed by atoms with Gasteiger partial charge in [0.05, 0.1) is 0 Å². The van der Waals surface area contributed by atoms with Crippen LogP contribution < -0.4 is 0 Å². The monoisotopic (exact) mass is 546 g/mol. The van der Waals surface area contributed by atoms with Crippen molar-refractivity contribution in [3.05, 3.63) is 96.1 Å². The molecule has 2 aromatic heterocycles. The zero-order valence-electron chi connectivity index (χ0n) is 25.2. The summed E-state index contributed by atoms with van der Waals surface area (Å²) in [5.74, 6) is 0. The third kappa shape index (κ3) is 3.15. The van der Waals surface area contributed by atoms with Crippen molar-refractivity contribution in [1.82, 2.24) is 0 Å². The van der Waals surface area contributed by atoms with Gasteiger partial charge in [0.1, 0.15) is 22.3 Å². The third-order valence-corrected chi connectivity index (χ3v) is 9.22. The fraction of sp³-hybridized carbons (Fsp3) is 0.200. The van der Waals surface area contributed by atoms with Gasteiger partial charge in [-0.25, -0.2) is 0 Å². The van der Waals surface area contributed by atoms with Gasteiger partial charge in [-0.3, -0.25) is 0 Å². The largest absolute Gasteiger partial charge is 0.455 e. The van der Waals surface area contributed by atoms with Crippen LogP contribution in [0.1, 0.15) is 63.8 Å². The highest BCUT2D eigenvalue weighted by Gasteiger charge is 2.26. The Morgan fingerprint density at radius 3 is 1.24 bits per heavy atom. The number of hydrogen-bond acceptors (Lipinski definition) is 2.